The number of hydrogen-bond acceptors (Lipinski definition) is 4. The Bertz CT molecular complexity index is 616. The summed E-state index contributed by atoms with van der Waals surface area (Å²) < 4.78 is 5.08. The molecule has 1 aromatic carbocycles. The van der Waals surface area contributed by atoms with E-state index in [1.165, 1.54) is 6.26 Å². The fraction of sp³-hybridized carbons (Fsp3) is 0.214. The summed E-state index contributed by atoms with van der Waals surface area (Å²) in [7, 11) is 0. The number of anilines is 1. The predicted molar refractivity (Wildman–Crippen MR) is 71.6 cm³/mol. The summed E-state index contributed by atoms with van der Waals surface area (Å²) in [5, 5.41) is 11.1. The first-order valence-corrected chi connectivity index (χ1v) is 6.09. The van der Waals surface area contributed by atoms with Crippen LogP contribution in [-0.2, 0) is 11.2 Å². The first-order chi connectivity index (χ1) is 9.54. The molecule has 2 rings (SSSR count). The molecule has 0 bridgehead atoms. The number of nitrogens with one attached hydrogen (secondary N) is 1. The summed E-state index contributed by atoms with van der Waals surface area (Å²) in [6.45, 7) is 1.94. The van der Waals surface area contributed by atoms with Crippen LogP contribution in [0.1, 0.15) is 28.0 Å². The average Bonchev–Trinajstić information content (AvgIpc) is 2.84. The van der Waals surface area contributed by atoms with Gasteiger partial charge in [0.05, 0.1) is 12.1 Å². The van der Waals surface area contributed by atoms with Crippen LogP contribution in [0, 0.1) is 6.92 Å². The van der Waals surface area contributed by atoms with Gasteiger partial charge < -0.3 is 9.52 Å². The topological polar surface area (TPSA) is 92.4 Å². The highest BCUT2D eigenvalue weighted by Crippen LogP contribution is 2.11. The SMILES string of the molecule is Cc1ccc(C(=O)Nc2nc(CCC(=O)O)co2)cc1. The van der Waals surface area contributed by atoms with Gasteiger partial charge in [0, 0.05) is 12.0 Å². The first-order valence-electron chi connectivity index (χ1n) is 6.09. The van der Waals surface area contributed by atoms with Crippen molar-refractivity contribution >= 4 is 17.9 Å². The molecule has 6 nitrogen and oxygen atoms in total. The van der Waals surface area contributed by atoms with E-state index >= 15 is 0 Å². The van der Waals surface area contributed by atoms with Gasteiger partial charge in [0.2, 0.25) is 0 Å². The molecule has 2 N–H and O–H groups in total. The molecule has 2 aromatic rings. The fourth-order valence-electron chi connectivity index (χ4n) is 1.59. The lowest BCUT2D eigenvalue weighted by molar-refractivity contribution is -0.136. The molecule has 1 aromatic heterocycles. The molecule has 1 amide bonds. The number of aromatic nitrogens is 1. The molecule has 0 aliphatic rings. The maximum Gasteiger partial charge on any atom is 0.303 e. The highest BCUT2D eigenvalue weighted by atomic mass is 16.4. The second-order valence-electron chi connectivity index (χ2n) is 4.36. The molecule has 0 unspecified atom stereocenters. The molecular weight excluding hydrogens is 260 g/mol. The number of carboxylic acids is 1. The maximum atomic E-state index is 11.9. The molecule has 0 saturated carbocycles. The number of aryl methyl sites for hydroxylation is 2. The smallest absolute Gasteiger partial charge is 0.303 e. The summed E-state index contributed by atoms with van der Waals surface area (Å²) in [6, 6.07) is 7.15. The van der Waals surface area contributed by atoms with Crippen LogP contribution in [-0.4, -0.2) is 22.0 Å². The van der Waals surface area contributed by atoms with Gasteiger partial charge in [-0.15, -0.1) is 0 Å². The zero-order valence-electron chi connectivity index (χ0n) is 10.9. The Morgan fingerprint density at radius 3 is 2.65 bits per heavy atom. The Balaban J connectivity index is 1.97. The lowest BCUT2D eigenvalue weighted by atomic mass is 10.1. The molecule has 0 radical (unpaired) electrons. The normalized spacial score (nSPS) is 10.2. The van der Waals surface area contributed by atoms with Crippen molar-refractivity contribution in [1.29, 1.82) is 0 Å². The van der Waals surface area contributed by atoms with Gasteiger partial charge in [0.25, 0.3) is 5.91 Å². The number of aliphatic carboxylic acids is 1. The number of nitrogens with zero attached hydrogens (tertiary/aromatic N) is 1. The average molecular weight is 274 g/mol. The summed E-state index contributed by atoms with van der Waals surface area (Å²) in [5.74, 6) is -1.23. The highest BCUT2D eigenvalue weighted by molar-refractivity contribution is 6.03. The molecular formula is C14H14N2O4. The van der Waals surface area contributed by atoms with Crippen molar-refractivity contribution < 1.29 is 19.1 Å². The Hall–Kier alpha value is -2.63. The van der Waals surface area contributed by atoms with Gasteiger partial charge in [0.1, 0.15) is 6.26 Å². The van der Waals surface area contributed by atoms with E-state index < -0.39 is 5.97 Å². The van der Waals surface area contributed by atoms with Gasteiger partial charge in [-0.3, -0.25) is 14.9 Å². The van der Waals surface area contributed by atoms with Gasteiger partial charge in [-0.1, -0.05) is 17.7 Å². The Kier molecular flexibility index (Phi) is 4.14. The fourth-order valence-corrected chi connectivity index (χ4v) is 1.59. The predicted octanol–water partition coefficient (Wildman–Crippen LogP) is 2.25. The van der Waals surface area contributed by atoms with Crippen LogP contribution in [0.25, 0.3) is 0 Å². The van der Waals surface area contributed by atoms with Crippen LogP contribution in [0.3, 0.4) is 0 Å². The van der Waals surface area contributed by atoms with Crippen LogP contribution in [0.5, 0.6) is 0 Å². The lowest BCUT2D eigenvalue weighted by Gasteiger charge is -2.01. The molecule has 6 heteroatoms. The zero-order valence-corrected chi connectivity index (χ0v) is 10.9. The Morgan fingerprint density at radius 1 is 1.30 bits per heavy atom. The molecule has 20 heavy (non-hydrogen) atoms. The third kappa shape index (κ3) is 3.68. The Morgan fingerprint density at radius 2 is 2.00 bits per heavy atom. The number of rotatable bonds is 5. The van der Waals surface area contributed by atoms with E-state index in [4.69, 9.17) is 9.52 Å². The summed E-state index contributed by atoms with van der Waals surface area (Å²) in [5.41, 5.74) is 2.06. The number of oxazole rings is 1. The van der Waals surface area contributed by atoms with Crippen molar-refractivity contribution in [2.45, 2.75) is 19.8 Å². The van der Waals surface area contributed by atoms with Crippen molar-refractivity contribution in [3.05, 3.63) is 47.3 Å². The quantitative estimate of drug-likeness (QED) is 0.872. The van der Waals surface area contributed by atoms with Gasteiger partial charge >= 0.3 is 12.0 Å². The first kappa shape index (κ1) is 13.8. The summed E-state index contributed by atoms with van der Waals surface area (Å²) in [6.07, 6.45) is 1.57. The highest BCUT2D eigenvalue weighted by Gasteiger charge is 2.11. The minimum atomic E-state index is -0.904. The number of carboxylic acid groups (broad SMARTS) is 1. The van der Waals surface area contributed by atoms with E-state index in [-0.39, 0.29) is 24.8 Å². The second kappa shape index (κ2) is 6.01. The third-order valence-corrected chi connectivity index (χ3v) is 2.68. The monoisotopic (exact) mass is 274 g/mol. The van der Waals surface area contributed by atoms with E-state index in [1.54, 1.807) is 12.1 Å². The summed E-state index contributed by atoms with van der Waals surface area (Å²) >= 11 is 0. The van der Waals surface area contributed by atoms with Crippen molar-refractivity contribution in [3.63, 3.8) is 0 Å². The number of carbonyl (C=O) groups excluding carboxylic acids is 1. The van der Waals surface area contributed by atoms with Crippen LogP contribution >= 0.6 is 0 Å². The van der Waals surface area contributed by atoms with E-state index in [1.807, 2.05) is 19.1 Å². The number of benzene rings is 1. The molecule has 0 fully saturated rings. The zero-order chi connectivity index (χ0) is 14.5. The van der Waals surface area contributed by atoms with E-state index in [9.17, 15) is 9.59 Å². The number of carbonyl (C=O) groups is 2. The number of hydrogen-bond donors (Lipinski definition) is 2. The third-order valence-electron chi connectivity index (χ3n) is 2.68. The van der Waals surface area contributed by atoms with Crippen LogP contribution in [0.2, 0.25) is 0 Å². The Labute approximate surface area is 115 Å². The van der Waals surface area contributed by atoms with Gasteiger partial charge in [-0.2, -0.15) is 4.98 Å². The van der Waals surface area contributed by atoms with Crippen molar-refractivity contribution in [2.24, 2.45) is 0 Å². The van der Waals surface area contributed by atoms with E-state index in [0.717, 1.165) is 5.56 Å². The summed E-state index contributed by atoms with van der Waals surface area (Å²) in [4.78, 5) is 26.3. The molecule has 0 spiro atoms. The van der Waals surface area contributed by atoms with Crippen LogP contribution < -0.4 is 5.32 Å². The van der Waals surface area contributed by atoms with Crippen molar-refractivity contribution in [3.8, 4) is 0 Å². The molecule has 1 heterocycles. The van der Waals surface area contributed by atoms with Gasteiger partial charge in [-0.25, -0.2) is 0 Å². The maximum absolute atomic E-state index is 11.9. The standard InChI is InChI=1S/C14H14N2O4/c1-9-2-4-10(5-3-9)13(19)16-14-15-11(8-20-14)6-7-12(17)18/h2-5,8H,6-7H2,1H3,(H,17,18)(H,15,16,19). The molecule has 0 aliphatic heterocycles. The molecule has 104 valence electrons. The van der Waals surface area contributed by atoms with Crippen molar-refractivity contribution in [1.82, 2.24) is 4.98 Å². The molecule has 0 saturated heterocycles. The molecule has 0 atom stereocenters. The van der Waals surface area contributed by atoms with Crippen molar-refractivity contribution in [2.75, 3.05) is 5.32 Å². The minimum Gasteiger partial charge on any atom is -0.481 e. The van der Waals surface area contributed by atoms with Crippen LogP contribution in [0.15, 0.2) is 34.9 Å². The number of amides is 1. The minimum absolute atomic E-state index is 0.0299. The van der Waals surface area contributed by atoms with E-state index in [2.05, 4.69) is 10.3 Å². The molecule has 0 aliphatic carbocycles. The second-order valence-corrected chi connectivity index (χ2v) is 4.36. The van der Waals surface area contributed by atoms with Crippen LogP contribution in [0.4, 0.5) is 6.01 Å². The van der Waals surface area contributed by atoms with Gasteiger partial charge in [0.15, 0.2) is 0 Å². The van der Waals surface area contributed by atoms with Gasteiger partial charge in [-0.05, 0) is 19.1 Å². The van der Waals surface area contributed by atoms with E-state index in [0.29, 0.717) is 11.3 Å². The lowest BCUT2D eigenvalue weighted by Crippen LogP contribution is -2.12. The largest absolute Gasteiger partial charge is 0.481 e.